The van der Waals surface area contributed by atoms with E-state index in [1.54, 1.807) is 24.3 Å². The summed E-state index contributed by atoms with van der Waals surface area (Å²) in [4.78, 5) is 55.7. The molecule has 11 N–H and O–H groups in total. The van der Waals surface area contributed by atoms with Crippen LogP contribution in [0.4, 0.5) is 0 Å². The van der Waals surface area contributed by atoms with E-state index in [2.05, 4.69) is 26.3 Å². The zero-order chi connectivity index (χ0) is 31.4. The normalized spacial score (nSPS) is 16.3. The molecule has 232 valence electrons. The number of carboxylic acids is 1. The fraction of sp³-hybridized carbons (Fsp3) is 0.414. The molecule has 4 atom stereocenters. The Morgan fingerprint density at radius 1 is 0.837 bits per heavy atom. The lowest BCUT2D eigenvalue weighted by Gasteiger charge is -2.25. The van der Waals surface area contributed by atoms with Crippen LogP contribution in [0.3, 0.4) is 0 Å². The maximum atomic E-state index is 13.6. The van der Waals surface area contributed by atoms with E-state index in [-0.39, 0.29) is 55.6 Å². The molecule has 1 saturated heterocycles. The SMILES string of the molecule is NC(N)=NCCCC(NC(=O)C(Cc1ccc(O)cc1)NC(=O)C(Cc1ccc(O)cc1)NC(=O)C1CCCN1)C(=O)O. The number of guanidine groups is 1. The number of phenols is 2. The van der Waals surface area contributed by atoms with Gasteiger partial charge in [0.15, 0.2) is 5.96 Å². The molecule has 0 saturated carbocycles. The van der Waals surface area contributed by atoms with Crippen molar-refractivity contribution in [3.05, 3.63) is 59.7 Å². The van der Waals surface area contributed by atoms with Gasteiger partial charge in [0, 0.05) is 19.4 Å². The first-order valence-corrected chi connectivity index (χ1v) is 14.0. The van der Waals surface area contributed by atoms with Crippen LogP contribution in [0.2, 0.25) is 0 Å². The van der Waals surface area contributed by atoms with Gasteiger partial charge in [0.25, 0.3) is 0 Å². The third-order valence-electron chi connectivity index (χ3n) is 6.95. The second kappa shape index (κ2) is 16.0. The Hall–Kier alpha value is -4.85. The molecule has 1 fully saturated rings. The molecule has 2 aromatic carbocycles. The molecule has 1 heterocycles. The molecule has 0 radical (unpaired) electrons. The maximum Gasteiger partial charge on any atom is 0.326 e. The standard InChI is InChI=1S/C29H39N7O7/c30-29(31)33-14-2-4-22(28(42)43)34-26(40)23(15-17-5-9-19(37)10-6-17)36-27(41)24(16-18-7-11-20(38)12-8-18)35-25(39)21-3-1-13-32-21/h5-12,21-24,32,37-38H,1-4,13-16H2,(H,34,40)(H,35,39)(H,36,41)(H,42,43)(H4,30,31,33). The summed E-state index contributed by atoms with van der Waals surface area (Å²) in [6.07, 6.45) is 1.79. The minimum absolute atomic E-state index is 0.0118. The van der Waals surface area contributed by atoms with Crippen LogP contribution in [0.5, 0.6) is 11.5 Å². The van der Waals surface area contributed by atoms with E-state index in [1.807, 2.05) is 0 Å². The number of hydrogen-bond acceptors (Lipinski definition) is 8. The molecule has 0 spiro atoms. The van der Waals surface area contributed by atoms with Gasteiger partial charge in [0.05, 0.1) is 6.04 Å². The van der Waals surface area contributed by atoms with E-state index >= 15 is 0 Å². The molecule has 14 nitrogen and oxygen atoms in total. The molecule has 0 aliphatic carbocycles. The van der Waals surface area contributed by atoms with Crippen molar-refractivity contribution >= 4 is 29.7 Å². The molecule has 2 aromatic rings. The highest BCUT2D eigenvalue weighted by Gasteiger charge is 2.32. The summed E-state index contributed by atoms with van der Waals surface area (Å²) in [6, 6.07) is 8.15. The second-order valence-corrected chi connectivity index (χ2v) is 10.4. The number of hydrogen-bond donors (Lipinski definition) is 9. The minimum atomic E-state index is -1.28. The highest BCUT2D eigenvalue weighted by molar-refractivity contribution is 5.94. The number of carbonyl (C=O) groups excluding carboxylic acids is 3. The molecular formula is C29H39N7O7. The molecule has 14 heteroatoms. The van der Waals surface area contributed by atoms with Gasteiger partial charge in [-0.25, -0.2) is 4.79 Å². The molecule has 0 aromatic heterocycles. The summed E-state index contributed by atoms with van der Waals surface area (Å²) in [5.74, 6) is -3.11. The summed E-state index contributed by atoms with van der Waals surface area (Å²) in [5, 5.41) is 40.1. The van der Waals surface area contributed by atoms with E-state index < -0.39 is 42.0 Å². The average molecular weight is 598 g/mol. The van der Waals surface area contributed by atoms with Gasteiger partial charge in [-0.15, -0.1) is 0 Å². The predicted octanol–water partition coefficient (Wildman–Crippen LogP) is -0.772. The van der Waals surface area contributed by atoms with Gasteiger partial charge in [-0.05, 0) is 67.6 Å². The van der Waals surface area contributed by atoms with Crippen molar-refractivity contribution in [1.29, 1.82) is 0 Å². The first-order valence-electron chi connectivity index (χ1n) is 14.0. The lowest BCUT2D eigenvalue weighted by molar-refractivity contribution is -0.142. The number of rotatable bonds is 15. The summed E-state index contributed by atoms with van der Waals surface area (Å²) >= 11 is 0. The second-order valence-electron chi connectivity index (χ2n) is 10.4. The molecule has 43 heavy (non-hydrogen) atoms. The Labute approximate surface area is 248 Å². The van der Waals surface area contributed by atoms with E-state index in [0.29, 0.717) is 24.1 Å². The van der Waals surface area contributed by atoms with Gasteiger partial charge in [0.2, 0.25) is 17.7 Å². The van der Waals surface area contributed by atoms with Crippen molar-refractivity contribution in [2.24, 2.45) is 16.5 Å². The van der Waals surface area contributed by atoms with Gasteiger partial charge in [-0.1, -0.05) is 24.3 Å². The van der Waals surface area contributed by atoms with Crippen molar-refractivity contribution in [2.75, 3.05) is 13.1 Å². The number of nitrogens with two attached hydrogens (primary N) is 2. The van der Waals surface area contributed by atoms with Crippen LogP contribution in [0.1, 0.15) is 36.8 Å². The molecule has 1 aliphatic heterocycles. The Bertz CT molecular complexity index is 1280. The highest BCUT2D eigenvalue weighted by atomic mass is 16.4. The number of phenolic OH excluding ortho intramolecular Hbond substituents is 2. The largest absolute Gasteiger partial charge is 0.508 e. The number of benzene rings is 2. The van der Waals surface area contributed by atoms with Crippen LogP contribution in [0.25, 0.3) is 0 Å². The van der Waals surface area contributed by atoms with Crippen LogP contribution < -0.4 is 32.7 Å². The lowest BCUT2D eigenvalue weighted by Crippen LogP contribution is -2.58. The zero-order valence-corrected chi connectivity index (χ0v) is 23.7. The molecule has 1 aliphatic rings. The lowest BCUT2D eigenvalue weighted by atomic mass is 10.0. The monoisotopic (exact) mass is 597 g/mol. The Morgan fingerprint density at radius 3 is 1.81 bits per heavy atom. The predicted molar refractivity (Wildman–Crippen MR) is 158 cm³/mol. The Balaban J connectivity index is 1.81. The molecule has 4 unspecified atom stereocenters. The summed E-state index contributed by atoms with van der Waals surface area (Å²) in [6.45, 7) is 0.850. The van der Waals surface area contributed by atoms with Crippen LogP contribution in [0, 0.1) is 0 Å². The van der Waals surface area contributed by atoms with E-state index in [0.717, 1.165) is 6.42 Å². The Morgan fingerprint density at radius 2 is 1.35 bits per heavy atom. The molecular weight excluding hydrogens is 558 g/mol. The smallest absolute Gasteiger partial charge is 0.326 e. The van der Waals surface area contributed by atoms with Gasteiger partial charge >= 0.3 is 5.97 Å². The third kappa shape index (κ3) is 10.8. The number of aliphatic carboxylic acids is 1. The van der Waals surface area contributed by atoms with E-state index in [4.69, 9.17) is 11.5 Å². The van der Waals surface area contributed by atoms with Crippen LogP contribution in [-0.4, -0.2) is 82.2 Å². The topological polar surface area (TPSA) is 241 Å². The van der Waals surface area contributed by atoms with Crippen molar-refractivity contribution < 1.29 is 34.5 Å². The fourth-order valence-electron chi connectivity index (χ4n) is 4.64. The minimum Gasteiger partial charge on any atom is -0.508 e. The first-order chi connectivity index (χ1) is 20.5. The van der Waals surface area contributed by atoms with Crippen LogP contribution in [-0.2, 0) is 32.0 Å². The van der Waals surface area contributed by atoms with Gasteiger partial charge in [0.1, 0.15) is 29.6 Å². The first kappa shape index (κ1) is 32.7. The van der Waals surface area contributed by atoms with Gasteiger partial charge in [-0.3, -0.25) is 19.4 Å². The van der Waals surface area contributed by atoms with E-state index in [9.17, 15) is 34.5 Å². The Kier molecular flexibility index (Phi) is 12.1. The average Bonchev–Trinajstić information content (AvgIpc) is 3.51. The quantitative estimate of drug-likeness (QED) is 0.0705. The molecule has 3 rings (SSSR count). The zero-order valence-electron chi connectivity index (χ0n) is 23.7. The summed E-state index contributed by atoms with van der Waals surface area (Å²) in [7, 11) is 0. The molecule has 3 amide bonds. The van der Waals surface area contributed by atoms with Crippen molar-refractivity contribution in [1.82, 2.24) is 21.3 Å². The van der Waals surface area contributed by atoms with Crippen LogP contribution in [0.15, 0.2) is 53.5 Å². The third-order valence-corrected chi connectivity index (χ3v) is 6.95. The fourth-order valence-corrected chi connectivity index (χ4v) is 4.64. The number of aromatic hydroxyl groups is 2. The maximum absolute atomic E-state index is 13.6. The van der Waals surface area contributed by atoms with Crippen molar-refractivity contribution in [3.8, 4) is 11.5 Å². The van der Waals surface area contributed by atoms with Gasteiger partial charge in [-0.2, -0.15) is 0 Å². The number of nitrogens with one attached hydrogen (secondary N) is 4. The van der Waals surface area contributed by atoms with E-state index in [1.165, 1.54) is 24.3 Å². The molecule has 0 bridgehead atoms. The number of carbonyl (C=O) groups is 4. The number of amides is 3. The van der Waals surface area contributed by atoms with Crippen molar-refractivity contribution in [3.63, 3.8) is 0 Å². The van der Waals surface area contributed by atoms with Crippen molar-refractivity contribution in [2.45, 2.75) is 62.7 Å². The number of nitrogens with zero attached hydrogens (tertiary/aromatic N) is 1. The number of carboxylic acid groups (broad SMARTS) is 1. The van der Waals surface area contributed by atoms with Gasteiger partial charge < -0.3 is 48.1 Å². The summed E-state index contributed by atoms with van der Waals surface area (Å²) < 4.78 is 0. The highest BCUT2D eigenvalue weighted by Crippen LogP contribution is 2.15. The van der Waals surface area contributed by atoms with Crippen LogP contribution >= 0.6 is 0 Å². The number of aliphatic imine (C=N–C) groups is 1. The summed E-state index contributed by atoms with van der Waals surface area (Å²) in [5.41, 5.74) is 11.9.